The zero-order valence-electron chi connectivity index (χ0n) is 22.1. The highest BCUT2D eigenvalue weighted by Gasteiger charge is 2.52. The van der Waals surface area contributed by atoms with Crippen LogP contribution in [0.4, 0.5) is 4.79 Å². The van der Waals surface area contributed by atoms with Gasteiger partial charge in [0.1, 0.15) is 5.60 Å². The second-order valence-electron chi connectivity index (χ2n) is 11.8. The molecule has 2 aromatic carbocycles. The van der Waals surface area contributed by atoms with Gasteiger partial charge >= 0.3 is 13.2 Å². The van der Waals surface area contributed by atoms with Gasteiger partial charge in [0.15, 0.2) is 0 Å². The lowest BCUT2D eigenvalue weighted by molar-refractivity contribution is -0.0738. The fourth-order valence-electron chi connectivity index (χ4n) is 5.02. The van der Waals surface area contributed by atoms with Crippen LogP contribution >= 0.6 is 0 Å². The smallest absolute Gasteiger partial charge is 0.438 e. The Labute approximate surface area is 210 Å². The molecule has 2 aliphatic heterocycles. The molecule has 2 saturated heterocycles. The Morgan fingerprint density at radius 2 is 1.57 bits per heavy atom. The maximum absolute atomic E-state index is 13.3. The number of nitrogens with zero attached hydrogens (tertiary/aromatic N) is 1. The first-order valence-electron chi connectivity index (χ1n) is 12.5. The highest BCUT2D eigenvalue weighted by atomic mass is 16.7. The number of amides is 1. The quantitative estimate of drug-likeness (QED) is 0.598. The van der Waals surface area contributed by atoms with E-state index < -0.39 is 18.3 Å². The Hall–Kier alpha value is -2.35. The molecule has 0 aromatic heterocycles. The molecular formula is C28H39BN2O4. The van der Waals surface area contributed by atoms with Gasteiger partial charge in [-0.15, -0.1) is 0 Å². The first kappa shape index (κ1) is 25.7. The molecule has 0 unspecified atom stereocenters. The molecule has 6 nitrogen and oxygen atoms in total. The van der Waals surface area contributed by atoms with Crippen LogP contribution < -0.4 is 11.2 Å². The molecule has 0 spiro atoms. The standard InChI is InChI=1S/C28H39BN2O4/c1-20(21-13-15-23(16-14-21)29-34-26(4,5)27(6,7)35-29)31-18-17-28(33-24(31)32,19-25(2,3)30)22-11-9-8-10-12-22/h8-16,20H,17-19,30H2,1-7H3/t20-,28-/m0/s1. The van der Waals surface area contributed by atoms with E-state index in [0.717, 1.165) is 16.6 Å². The number of benzene rings is 2. The monoisotopic (exact) mass is 478 g/mol. The van der Waals surface area contributed by atoms with Crippen LogP contribution in [0.1, 0.15) is 78.5 Å². The van der Waals surface area contributed by atoms with E-state index in [1.54, 1.807) is 4.90 Å². The Bertz CT molecular complexity index is 1030. The SMILES string of the molecule is C[C@@H](c1ccc(B2OC(C)(C)C(C)(C)O2)cc1)N1CC[C@](CC(C)(C)N)(c2ccccc2)OC1=O. The van der Waals surface area contributed by atoms with Crippen LogP contribution in [0.3, 0.4) is 0 Å². The molecular weight excluding hydrogens is 439 g/mol. The lowest BCUT2D eigenvalue weighted by Crippen LogP contribution is -2.52. The number of nitrogens with two attached hydrogens (primary N) is 1. The molecule has 2 atom stereocenters. The molecule has 2 fully saturated rings. The summed E-state index contributed by atoms with van der Waals surface area (Å²) in [5.41, 5.74) is 7.41. The zero-order valence-corrected chi connectivity index (χ0v) is 22.1. The van der Waals surface area contributed by atoms with Gasteiger partial charge in [-0.05, 0) is 65.1 Å². The molecule has 0 aliphatic carbocycles. The summed E-state index contributed by atoms with van der Waals surface area (Å²) >= 11 is 0. The first-order valence-corrected chi connectivity index (χ1v) is 12.5. The largest absolute Gasteiger partial charge is 0.494 e. The van der Waals surface area contributed by atoms with Crippen LogP contribution in [0.25, 0.3) is 0 Å². The van der Waals surface area contributed by atoms with Gasteiger partial charge in [-0.1, -0.05) is 54.6 Å². The molecule has 2 aliphatic rings. The number of hydrogen-bond acceptors (Lipinski definition) is 5. The average Bonchev–Trinajstić information content (AvgIpc) is 3.00. The van der Waals surface area contributed by atoms with E-state index in [9.17, 15) is 4.79 Å². The topological polar surface area (TPSA) is 74.0 Å². The van der Waals surface area contributed by atoms with Crippen molar-refractivity contribution in [2.45, 2.75) is 89.7 Å². The van der Waals surface area contributed by atoms with Crippen molar-refractivity contribution in [3.63, 3.8) is 0 Å². The third kappa shape index (κ3) is 5.13. The van der Waals surface area contributed by atoms with Gasteiger partial charge in [-0.2, -0.15) is 0 Å². The van der Waals surface area contributed by atoms with E-state index in [1.807, 2.05) is 103 Å². The third-order valence-corrected chi connectivity index (χ3v) is 7.73. The molecule has 2 heterocycles. The minimum Gasteiger partial charge on any atom is -0.438 e. The second-order valence-corrected chi connectivity index (χ2v) is 11.8. The fraction of sp³-hybridized carbons (Fsp3) is 0.536. The van der Waals surface area contributed by atoms with E-state index >= 15 is 0 Å². The van der Waals surface area contributed by atoms with Crippen LogP contribution in [0.2, 0.25) is 0 Å². The van der Waals surface area contributed by atoms with Crippen molar-refractivity contribution in [2.75, 3.05) is 6.54 Å². The Morgan fingerprint density at radius 3 is 2.09 bits per heavy atom. The highest BCUT2D eigenvalue weighted by Crippen LogP contribution is 2.42. The maximum atomic E-state index is 13.3. The van der Waals surface area contributed by atoms with Crippen molar-refractivity contribution in [1.29, 1.82) is 0 Å². The Kier molecular flexibility index (Phi) is 6.58. The van der Waals surface area contributed by atoms with Gasteiger partial charge in [0.25, 0.3) is 0 Å². The van der Waals surface area contributed by atoms with Gasteiger partial charge in [0, 0.05) is 24.9 Å². The number of carbonyl (C=O) groups excluding carboxylic acids is 1. The minimum absolute atomic E-state index is 0.130. The third-order valence-electron chi connectivity index (χ3n) is 7.73. The van der Waals surface area contributed by atoms with Crippen molar-refractivity contribution < 1.29 is 18.8 Å². The van der Waals surface area contributed by atoms with Crippen LogP contribution in [-0.2, 0) is 19.6 Å². The van der Waals surface area contributed by atoms with Crippen molar-refractivity contribution in [3.8, 4) is 0 Å². The number of ether oxygens (including phenoxy) is 1. The number of rotatable bonds is 6. The number of cyclic esters (lactones) is 1. The molecule has 1 amide bonds. The van der Waals surface area contributed by atoms with Crippen LogP contribution in [0.15, 0.2) is 54.6 Å². The minimum atomic E-state index is -0.729. The Balaban J connectivity index is 1.49. The summed E-state index contributed by atoms with van der Waals surface area (Å²) in [5.74, 6) is 0. The van der Waals surface area contributed by atoms with Gasteiger partial charge < -0.3 is 24.7 Å². The van der Waals surface area contributed by atoms with Crippen LogP contribution in [0, 0.1) is 0 Å². The molecule has 2 N–H and O–H groups in total. The molecule has 0 bridgehead atoms. The molecule has 2 aromatic rings. The van der Waals surface area contributed by atoms with Crippen LogP contribution in [-0.4, -0.2) is 41.4 Å². The van der Waals surface area contributed by atoms with Gasteiger partial charge in [0.05, 0.1) is 17.2 Å². The summed E-state index contributed by atoms with van der Waals surface area (Å²) in [5, 5.41) is 0. The maximum Gasteiger partial charge on any atom is 0.494 e. The average molecular weight is 478 g/mol. The molecule has 35 heavy (non-hydrogen) atoms. The molecule has 4 rings (SSSR count). The summed E-state index contributed by atoms with van der Waals surface area (Å²) in [6.45, 7) is 14.8. The molecule has 7 heteroatoms. The molecule has 0 radical (unpaired) electrons. The second kappa shape index (κ2) is 8.95. The molecule has 0 saturated carbocycles. The highest BCUT2D eigenvalue weighted by molar-refractivity contribution is 6.62. The van der Waals surface area contributed by atoms with Crippen molar-refractivity contribution >= 4 is 18.7 Å². The van der Waals surface area contributed by atoms with Gasteiger partial charge in [0.2, 0.25) is 0 Å². The lowest BCUT2D eigenvalue weighted by atomic mass is 9.78. The first-order chi connectivity index (χ1) is 16.2. The van der Waals surface area contributed by atoms with E-state index in [0.29, 0.717) is 19.4 Å². The summed E-state index contributed by atoms with van der Waals surface area (Å²) in [4.78, 5) is 15.1. The van der Waals surface area contributed by atoms with Gasteiger partial charge in [-0.25, -0.2) is 4.79 Å². The molecule has 188 valence electrons. The Morgan fingerprint density at radius 1 is 1.00 bits per heavy atom. The number of carbonyl (C=O) groups is 1. The van der Waals surface area contributed by atoms with E-state index in [-0.39, 0.29) is 23.3 Å². The van der Waals surface area contributed by atoms with E-state index in [4.69, 9.17) is 19.8 Å². The van der Waals surface area contributed by atoms with Crippen molar-refractivity contribution in [3.05, 3.63) is 65.7 Å². The van der Waals surface area contributed by atoms with E-state index in [2.05, 4.69) is 0 Å². The van der Waals surface area contributed by atoms with Gasteiger partial charge in [-0.3, -0.25) is 0 Å². The summed E-state index contributed by atoms with van der Waals surface area (Å²) in [6, 6.07) is 18.0. The number of hydrogen-bond donors (Lipinski definition) is 1. The zero-order chi connectivity index (χ0) is 25.6. The van der Waals surface area contributed by atoms with Crippen molar-refractivity contribution in [2.24, 2.45) is 5.73 Å². The lowest BCUT2D eigenvalue weighted by Gasteiger charge is -2.45. The normalized spacial score (nSPS) is 24.9. The summed E-state index contributed by atoms with van der Waals surface area (Å²) in [6.07, 6.45) is 0.924. The fourth-order valence-corrected chi connectivity index (χ4v) is 5.02. The van der Waals surface area contributed by atoms with Crippen LogP contribution in [0.5, 0.6) is 0 Å². The van der Waals surface area contributed by atoms with Crippen molar-refractivity contribution in [1.82, 2.24) is 4.90 Å². The summed E-state index contributed by atoms with van der Waals surface area (Å²) < 4.78 is 18.6. The summed E-state index contributed by atoms with van der Waals surface area (Å²) in [7, 11) is -0.407. The predicted octanol–water partition coefficient (Wildman–Crippen LogP) is 4.91. The van der Waals surface area contributed by atoms with E-state index in [1.165, 1.54) is 0 Å². The predicted molar refractivity (Wildman–Crippen MR) is 139 cm³/mol.